The quantitative estimate of drug-likeness (QED) is 0.321. The number of hydrogen-bond acceptors (Lipinski definition) is 5. The van der Waals surface area contributed by atoms with E-state index in [1.165, 1.54) is 0 Å². The van der Waals surface area contributed by atoms with Crippen molar-refractivity contribution in [2.45, 2.75) is 13.0 Å². The van der Waals surface area contributed by atoms with E-state index in [0.717, 1.165) is 10.2 Å². The molecular weight excluding hydrogens is 338 g/mol. The molecule has 1 atom stereocenters. The monoisotopic (exact) mass is 359 g/mol. The van der Waals surface area contributed by atoms with Gasteiger partial charge >= 0.3 is 0 Å². The zero-order chi connectivity index (χ0) is 15.8. The summed E-state index contributed by atoms with van der Waals surface area (Å²) in [5, 5.41) is 12.1. The lowest BCUT2D eigenvalue weighted by atomic mass is 10.1. The second kappa shape index (κ2) is 8.86. The van der Waals surface area contributed by atoms with Gasteiger partial charge in [-0.25, -0.2) is 0 Å². The molecule has 0 spiro atoms. The molecule has 21 heavy (non-hydrogen) atoms. The van der Waals surface area contributed by atoms with E-state index in [0.29, 0.717) is 25.3 Å². The highest BCUT2D eigenvalue weighted by Crippen LogP contribution is 2.26. The van der Waals surface area contributed by atoms with Gasteiger partial charge in [-0.2, -0.15) is 0 Å². The zero-order valence-corrected chi connectivity index (χ0v) is 14.1. The number of hydrogen-bond donors (Lipinski definition) is 2. The molecule has 0 bridgehead atoms. The van der Waals surface area contributed by atoms with Gasteiger partial charge < -0.3 is 25.3 Å². The second-order valence-corrected chi connectivity index (χ2v) is 5.55. The number of anilines is 1. The van der Waals surface area contributed by atoms with Gasteiger partial charge in [-0.3, -0.25) is 0 Å². The third-order valence-electron chi connectivity index (χ3n) is 3.13. The Morgan fingerprint density at radius 2 is 2.14 bits per heavy atom. The van der Waals surface area contributed by atoms with Crippen molar-refractivity contribution in [2.75, 3.05) is 38.9 Å². The summed E-state index contributed by atoms with van der Waals surface area (Å²) in [4.78, 5) is 2.12. The maximum Gasteiger partial charge on any atom is 0.172 e. The maximum atomic E-state index is 8.98. The van der Waals surface area contributed by atoms with Crippen molar-refractivity contribution in [3.8, 4) is 0 Å². The van der Waals surface area contributed by atoms with Crippen LogP contribution >= 0.6 is 15.9 Å². The molecule has 0 fully saturated rings. The van der Waals surface area contributed by atoms with Crippen LogP contribution in [-0.4, -0.2) is 51.1 Å². The van der Waals surface area contributed by atoms with E-state index in [1.807, 2.05) is 18.2 Å². The Hall–Kier alpha value is -1.31. The third-order valence-corrected chi connectivity index (χ3v) is 3.62. The first kappa shape index (κ1) is 17.7. The van der Waals surface area contributed by atoms with Crippen LogP contribution in [0.2, 0.25) is 0 Å². The molecule has 1 unspecified atom stereocenters. The van der Waals surface area contributed by atoms with Crippen LogP contribution in [0.15, 0.2) is 27.8 Å². The molecule has 1 aromatic carbocycles. The molecule has 3 N–H and O–H groups in total. The second-order valence-electron chi connectivity index (χ2n) is 4.64. The summed E-state index contributed by atoms with van der Waals surface area (Å²) in [5.41, 5.74) is 7.32. The smallest absolute Gasteiger partial charge is 0.172 e. The molecule has 1 aromatic rings. The highest BCUT2D eigenvalue weighted by atomic mass is 79.9. The van der Waals surface area contributed by atoms with Crippen LogP contribution in [0.3, 0.4) is 0 Å². The summed E-state index contributed by atoms with van der Waals surface area (Å²) in [6, 6.07) is 5.79. The average Bonchev–Trinajstić information content (AvgIpc) is 2.48. The molecule has 0 radical (unpaired) electrons. The topological polar surface area (TPSA) is 80.3 Å². The van der Waals surface area contributed by atoms with Gasteiger partial charge in [0.05, 0.1) is 13.2 Å². The molecule has 6 nitrogen and oxygen atoms in total. The Labute approximate surface area is 133 Å². The minimum absolute atomic E-state index is 0.0679. The van der Waals surface area contributed by atoms with Crippen molar-refractivity contribution in [3.63, 3.8) is 0 Å². The third kappa shape index (κ3) is 4.87. The molecule has 0 saturated carbocycles. The maximum absolute atomic E-state index is 8.98. The minimum Gasteiger partial charge on any atom is -0.409 e. The van der Waals surface area contributed by atoms with Crippen LogP contribution in [-0.2, 0) is 9.47 Å². The lowest BCUT2D eigenvalue weighted by molar-refractivity contribution is 0.171. The van der Waals surface area contributed by atoms with Crippen molar-refractivity contribution < 1.29 is 14.7 Å². The number of nitrogens with two attached hydrogens (primary N) is 1. The predicted molar refractivity (Wildman–Crippen MR) is 87.2 cm³/mol. The number of methoxy groups -OCH3 is 2. The summed E-state index contributed by atoms with van der Waals surface area (Å²) in [7, 11) is 3.32. The first-order chi connectivity index (χ1) is 10.0. The molecular formula is C14H22BrN3O3. The predicted octanol–water partition coefficient (Wildman–Crippen LogP) is 2.03. The van der Waals surface area contributed by atoms with Gasteiger partial charge in [0.15, 0.2) is 5.84 Å². The molecule has 0 amide bonds. The van der Waals surface area contributed by atoms with Crippen LogP contribution < -0.4 is 10.6 Å². The van der Waals surface area contributed by atoms with Gasteiger partial charge in [-0.05, 0) is 25.1 Å². The lowest BCUT2D eigenvalue weighted by Crippen LogP contribution is -2.40. The molecule has 0 aliphatic rings. The van der Waals surface area contributed by atoms with Gasteiger partial charge in [0.2, 0.25) is 0 Å². The number of benzene rings is 1. The summed E-state index contributed by atoms with van der Waals surface area (Å²) < 4.78 is 11.3. The molecule has 7 heteroatoms. The SMILES string of the molecule is COCCN(c1ccc(Br)cc1/C(N)=N/O)C(C)COC. The first-order valence-corrected chi connectivity index (χ1v) is 7.36. The van der Waals surface area contributed by atoms with Crippen LogP contribution in [0.25, 0.3) is 0 Å². The van der Waals surface area contributed by atoms with Crippen LogP contribution in [0.4, 0.5) is 5.69 Å². The van der Waals surface area contributed by atoms with Crippen molar-refractivity contribution >= 4 is 27.5 Å². The first-order valence-electron chi connectivity index (χ1n) is 6.57. The number of ether oxygens (including phenoxy) is 2. The van der Waals surface area contributed by atoms with E-state index < -0.39 is 0 Å². The molecule has 0 aromatic heterocycles. The average molecular weight is 360 g/mol. The van der Waals surface area contributed by atoms with E-state index in [1.54, 1.807) is 14.2 Å². The van der Waals surface area contributed by atoms with Crippen molar-refractivity contribution in [2.24, 2.45) is 10.9 Å². The van der Waals surface area contributed by atoms with Gasteiger partial charge in [-0.1, -0.05) is 21.1 Å². The van der Waals surface area contributed by atoms with E-state index >= 15 is 0 Å². The van der Waals surface area contributed by atoms with Gasteiger partial charge in [0, 0.05) is 42.5 Å². The number of oxime groups is 1. The fourth-order valence-electron chi connectivity index (χ4n) is 2.12. The van der Waals surface area contributed by atoms with Gasteiger partial charge in [0.25, 0.3) is 0 Å². The molecule has 118 valence electrons. The van der Waals surface area contributed by atoms with Crippen LogP contribution in [0, 0.1) is 0 Å². The van der Waals surface area contributed by atoms with E-state index in [-0.39, 0.29) is 11.9 Å². The largest absolute Gasteiger partial charge is 0.409 e. The molecule has 0 saturated heterocycles. The molecule has 1 rings (SSSR count). The summed E-state index contributed by atoms with van der Waals surface area (Å²) in [6.07, 6.45) is 0. The van der Waals surface area contributed by atoms with Crippen LogP contribution in [0.5, 0.6) is 0 Å². The zero-order valence-electron chi connectivity index (χ0n) is 12.5. The van der Waals surface area contributed by atoms with Crippen molar-refractivity contribution in [3.05, 3.63) is 28.2 Å². The van der Waals surface area contributed by atoms with E-state index in [4.69, 9.17) is 20.4 Å². The highest BCUT2D eigenvalue weighted by molar-refractivity contribution is 9.10. The normalized spacial score (nSPS) is 13.2. The van der Waals surface area contributed by atoms with Crippen molar-refractivity contribution in [1.29, 1.82) is 0 Å². The minimum atomic E-state index is 0.0679. The summed E-state index contributed by atoms with van der Waals surface area (Å²) in [6.45, 7) is 3.86. The molecule has 0 heterocycles. The van der Waals surface area contributed by atoms with E-state index in [2.05, 4.69) is 32.9 Å². The Morgan fingerprint density at radius 1 is 1.43 bits per heavy atom. The number of halogens is 1. The number of nitrogens with zero attached hydrogens (tertiary/aromatic N) is 2. The van der Waals surface area contributed by atoms with E-state index in [9.17, 15) is 0 Å². The van der Waals surface area contributed by atoms with Crippen molar-refractivity contribution in [1.82, 2.24) is 0 Å². The van der Waals surface area contributed by atoms with Gasteiger partial charge in [-0.15, -0.1) is 0 Å². The Balaban J connectivity index is 3.22. The summed E-state index contributed by atoms with van der Waals surface area (Å²) >= 11 is 3.40. The fourth-order valence-corrected chi connectivity index (χ4v) is 2.48. The number of amidine groups is 1. The number of rotatable bonds is 8. The standard InChI is InChI=1S/C14H22BrN3O3/c1-10(9-21-3)18(6-7-20-2)13-5-4-11(15)8-12(13)14(16)17-19/h4-5,8,10,19H,6-7,9H2,1-3H3,(H2,16,17). The Bertz CT molecular complexity index is 483. The Morgan fingerprint density at radius 3 is 2.71 bits per heavy atom. The Kier molecular flexibility index (Phi) is 7.49. The van der Waals surface area contributed by atoms with Crippen LogP contribution in [0.1, 0.15) is 12.5 Å². The summed E-state index contributed by atoms with van der Waals surface area (Å²) in [5.74, 6) is 0.0679. The lowest BCUT2D eigenvalue weighted by Gasteiger charge is -2.32. The molecule has 0 aliphatic heterocycles. The fraction of sp³-hybridized carbons (Fsp3) is 0.500. The highest BCUT2D eigenvalue weighted by Gasteiger charge is 2.19. The van der Waals surface area contributed by atoms with Gasteiger partial charge in [0.1, 0.15) is 0 Å². The molecule has 0 aliphatic carbocycles.